The lowest BCUT2D eigenvalue weighted by atomic mass is 10.1. The molecule has 1 aliphatic rings. The van der Waals surface area contributed by atoms with Gasteiger partial charge in [0.05, 0.1) is 29.9 Å². The van der Waals surface area contributed by atoms with Crippen LogP contribution in [0.4, 0.5) is 11.4 Å². The molecule has 0 bridgehead atoms. The summed E-state index contributed by atoms with van der Waals surface area (Å²) in [7, 11) is 0. The zero-order chi connectivity index (χ0) is 21.3. The number of hydrogen-bond acceptors (Lipinski definition) is 8. The van der Waals surface area contributed by atoms with Crippen LogP contribution in [-0.4, -0.2) is 56.4 Å². The minimum absolute atomic E-state index is 0.0185. The fourth-order valence-corrected chi connectivity index (χ4v) is 3.06. The van der Waals surface area contributed by atoms with Crippen LogP contribution < -0.4 is 9.64 Å². The fourth-order valence-electron chi connectivity index (χ4n) is 3.06. The Hall–Kier alpha value is -3.46. The van der Waals surface area contributed by atoms with E-state index in [1.54, 1.807) is 36.4 Å². The number of hydrogen-bond donors (Lipinski definition) is 0. The molecule has 1 heterocycles. The minimum atomic E-state index is -0.400. The van der Waals surface area contributed by atoms with Gasteiger partial charge >= 0.3 is 0 Å². The van der Waals surface area contributed by atoms with Gasteiger partial charge in [0.2, 0.25) is 0 Å². The van der Waals surface area contributed by atoms with E-state index in [1.165, 1.54) is 19.2 Å². The molecule has 0 amide bonds. The first-order valence-electron chi connectivity index (χ1n) is 9.55. The molecule has 0 radical (unpaired) electrons. The largest absolute Gasteiger partial charge is 0.489 e. The highest BCUT2D eigenvalue weighted by Gasteiger charge is 2.21. The molecule has 2 aromatic carbocycles. The van der Waals surface area contributed by atoms with Crippen LogP contribution in [-0.2, 0) is 9.57 Å². The van der Waals surface area contributed by atoms with Crippen LogP contribution in [0, 0.1) is 10.1 Å². The lowest BCUT2D eigenvalue weighted by Gasteiger charge is -2.28. The van der Waals surface area contributed by atoms with Crippen LogP contribution in [0.5, 0.6) is 5.75 Å². The quantitative estimate of drug-likeness (QED) is 0.205. The van der Waals surface area contributed by atoms with E-state index in [2.05, 4.69) is 5.16 Å². The van der Waals surface area contributed by atoms with Gasteiger partial charge in [0.1, 0.15) is 18.0 Å². The molecule has 0 N–H and O–H groups in total. The number of para-hydroxylation sites is 1. The molecule has 0 spiro atoms. The number of nitro groups is 1. The molecule has 30 heavy (non-hydrogen) atoms. The number of oxime groups is 1. The van der Waals surface area contributed by atoms with Gasteiger partial charge in [-0.25, -0.2) is 0 Å². The Morgan fingerprint density at radius 3 is 2.73 bits per heavy atom. The Bertz CT molecular complexity index is 925. The smallest absolute Gasteiger partial charge is 0.293 e. The first-order chi connectivity index (χ1) is 14.6. The summed E-state index contributed by atoms with van der Waals surface area (Å²) in [6.45, 7) is 4.18. The van der Waals surface area contributed by atoms with Crippen LogP contribution in [0.15, 0.2) is 47.6 Å². The number of anilines is 1. The van der Waals surface area contributed by atoms with E-state index < -0.39 is 4.92 Å². The fraction of sp³-hybridized carbons (Fsp3) is 0.333. The Balaban J connectivity index is 1.54. The second-order valence-electron chi connectivity index (χ2n) is 6.57. The van der Waals surface area contributed by atoms with Gasteiger partial charge < -0.3 is 19.2 Å². The van der Waals surface area contributed by atoms with Crippen molar-refractivity contribution in [3.05, 3.63) is 63.7 Å². The summed E-state index contributed by atoms with van der Waals surface area (Å²) in [6.07, 6.45) is 1.42. The second kappa shape index (κ2) is 10.4. The van der Waals surface area contributed by atoms with Gasteiger partial charge in [-0.1, -0.05) is 23.4 Å². The van der Waals surface area contributed by atoms with Gasteiger partial charge in [0.25, 0.3) is 5.69 Å². The normalized spacial score (nSPS) is 14.0. The molecule has 2 aromatic rings. The third-order valence-corrected chi connectivity index (χ3v) is 4.52. The lowest BCUT2D eigenvalue weighted by Crippen LogP contribution is -2.36. The van der Waals surface area contributed by atoms with Crippen molar-refractivity contribution in [1.82, 2.24) is 0 Å². The van der Waals surface area contributed by atoms with Crippen molar-refractivity contribution in [1.29, 1.82) is 0 Å². The SMILES string of the molecule is CC(=O)c1ccccc1OCCON=Cc1ccc(N2CCOCC2)c([N+](=O)[O-])c1. The molecule has 0 atom stereocenters. The van der Waals surface area contributed by atoms with Gasteiger partial charge in [0.15, 0.2) is 12.4 Å². The van der Waals surface area contributed by atoms with Crippen LogP contribution in [0.25, 0.3) is 0 Å². The summed E-state index contributed by atoms with van der Waals surface area (Å²) in [5.74, 6) is 0.415. The molecule has 3 rings (SSSR count). The van der Waals surface area contributed by atoms with Crippen LogP contribution in [0.2, 0.25) is 0 Å². The predicted octanol–water partition coefficient (Wildman–Crippen LogP) is 3.06. The van der Waals surface area contributed by atoms with Crippen molar-refractivity contribution >= 4 is 23.4 Å². The van der Waals surface area contributed by atoms with Crippen molar-refractivity contribution < 1.29 is 24.0 Å². The zero-order valence-corrected chi connectivity index (χ0v) is 16.7. The molecule has 0 aliphatic carbocycles. The highest BCUT2D eigenvalue weighted by atomic mass is 16.6. The van der Waals surface area contributed by atoms with E-state index in [1.807, 2.05) is 4.90 Å². The molecule has 9 nitrogen and oxygen atoms in total. The molecular formula is C21H23N3O6. The average Bonchev–Trinajstić information content (AvgIpc) is 2.76. The van der Waals surface area contributed by atoms with Gasteiger partial charge in [-0.15, -0.1) is 0 Å². The Morgan fingerprint density at radius 1 is 1.23 bits per heavy atom. The van der Waals surface area contributed by atoms with Gasteiger partial charge in [-0.2, -0.15) is 0 Å². The number of ether oxygens (including phenoxy) is 2. The van der Waals surface area contributed by atoms with Gasteiger partial charge in [-0.05, 0) is 25.1 Å². The zero-order valence-electron chi connectivity index (χ0n) is 16.7. The monoisotopic (exact) mass is 413 g/mol. The number of nitrogens with zero attached hydrogens (tertiary/aromatic N) is 3. The maximum Gasteiger partial charge on any atom is 0.293 e. The van der Waals surface area contributed by atoms with E-state index in [9.17, 15) is 14.9 Å². The van der Waals surface area contributed by atoms with Crippen molar-refractivity contribution in [3.63, 3.8) is 0 Å². The van der Waals surface area contributed by atoms with Crippen molar-refractivity contribution in [2.24, 2.45) is 5.16 Å². The third kappa shape index (κ3) is 5.54. The topological polar surface area (TPSA) is 104 Å². The molecule has 158 valence electrons. The van der Waals surface area contributed by atoms with Crippen LogP contribution in [0.3, 0.4) is 0 Å². The number of Topliss-reactive ketones (excluding diaryl/α,β-unsaturated/α-hetero) is 1. The van der Waals surface area contributed by atoms with Gasteiger partial charge in [-0.3, -0.25) is 14.9 Å². The summed E-state index contributed by atoms with van der Waals surface area (Å²) < 4.78 is 10.9. The van der Waals surface area contributed by atoms with E-state index >= 15 is 0 Å². The van der Waals surface area contributed by atoms with Gasteiger partial charge in [0, 0.05) is 24.7 Å². The Kier molecular flexibility index (Phi) is 7.34. The second-order valence-corrected chi connectivity index (χ2v) is 6.57. The van der Waals surface area contributed by atoms with Crippen molar-refractivity contribution in [3.8, 4) is 5.75 Å². The molecule has 1 saturated heterocycles. The molecule has 0 unspecified atom stereocenters. The number of carbonyl (C=O) groups excluding carboxylic acids is 1. The van der Waals surface area contributed by atoms with Crippen molar-refractivity contribution in [2.45, 2.75) is 6.92 Å². The summed E-state index contributed by atoms with van der Waals surface area (Å²) in [4.78, 5) is 29.7. The summed E-state index contributed by atoms with van der Waals surface area (Å²) in [5, 5.41) is 15.3. The third-order valence-electron chi connectivity index (χ3n) is 4.52. The summed E-state index contributed by atoms with van der Waals surface area (Å²) in [5.41, 5.74) is 1.65. The minimum Gasteiger partial charge on any atom is -0.489 e. The Labute approximate surface area is 174 Å². The maximum atomic E-state index is 11.6. The first kappa shape index (κ1) is 21.3. The van der Waals surface area contributed by atoms with E-state index in [-0.39, 0.29) is 24.7 Å². The Morgan fingerprint density at radius 2 is 2.00 bits per heavy atom. The summed E-state index contributed by atoms with van der Waals surface area (Å²) >= 11 is 0. The molecule has 0 aromatic heterocycles. The molecular weight excluding hydrogens is 390 g/mol. The van der Waals surface area contributed by atoms with Crippen LogP contribution in [0.1, 0.15) is 22.8 Å². The number of rotatable bonds is 9. The maximum absolute atomic E-state index is 11.6. The highest BCUT2D eigenvalue weighted by molar-refractivity contribution is 5.96. The number of benzene rings is 2. The predicted molar refractivity (Wildman–Crippen MR) is 112 cm³/mol. The van der Waals surface area contributed by atoms with E-state index in [4.69, 9.17) is 14.3 Å². The molecule has 9 heteroatoms. The van der Waals surface area contributed by atoms with E-state index in [0.29, 0.717) is 48.9 Å². The number of ketones is 1. The van der Waals surface area contributed by atoms with Crippen LogP contribution >= 0.6 is 0 Å². The standard InChI is InChI=1S/C21H23N3O6/c1-16(25)18-4-2-3-5-21(18)29-12-13-30-22-15-17-6-7-19(20(14-17)24(26)27)23-8-10-28-11-9-23/h2-7,14-15H,8-13H2,1H3. The first-order valence-corrected chi connectivity index (χ1v) is 9.55. The van der Waals surface area contributed by atoms with E-state index in [0.717, 1.165) is 0 Å². The molecule has 1 fully saturated rings. The number of nitro benzene ring substituents is 1. The average molecular weight is 413 g/mol. The molecule has 1 aliphatic heterocycles. The highest BCUT2D eigenvalue weighted by Crippen LogP contribution is 2.29. The number of morpholine rings is 1. The summed E-state index contributed by atoms with van der Waals surface area (Å²) in [6, 6.07) is 11.9. The van der Waals surface area contributed by atoms with Crippen molar-refractivity contribution in [2.75, 3.05) is 44.4 Å². The number of carbonyl (C=O) groups is 1. The molecule has 0 saturated carbocycles. The lowest BCUT2D eigenvalue weighted by molar-refractivity contribution is -0.384.